The summed E-state index contributed by atoms with van der Waals surface area (Å²) in [7, 11) is -4.64. The van der Waals surface area contributed by atoms with E-state index in [0.717, 1.165) is 11.6 Å². The topological polar surface area (TPSA) is 46.2 Å². The van der Waals surface area contributed by atoms with Crippen LogP contribution >= 0.6 is 11.6 Å². The number of para-hydroxylation sites is 1. The van der Waals surface area contributed by atoms with E-state index in [1.165, 1.54) is 12.1 Å². The molecule has 112 valence electrons. The van der Waals surface area contributed by atoms with Crippen molar-refractivity contribution >= 4 is 27.1 Å². The lowest BCUT2D eigenvalue weighted by atomic mass is 10.2. The average Bonchev–Trinajstić information content (AvgIpc) is 2.47. The van der Waals surface area contributed by atoms with Crippen molar-refractivity contribution in [1.29, 1.82) is 0 Å². The van der Waals surface area contributed by atoms with Gasteiger partial charge in [-0.25, -0.2) is 8.42 Å². The summed E-state index contributed by atoms with van der Waals surface area (Å²) in [5.74, 6) is -3.45. The Labute approximate surface area is 126 Å². The zero-order valence-electron chi connectivity index (χ0n) is 10.8. The van der Waals surface area contributed by atoms with Crippen LogP contribution in [0, 0.1) is 0 Å². The van der Waals surface area contributed by atoms with Crippen molar-refractivity contribution in [1.82, 2.24) is 0 Å². The molecular weight excluding hydrogens is 320 g/mol. The van der Waals surface area contributed by atoms with Crippen molar-refractivity contribution in [2.45, 2.75) is 17.2 Å². The molecule has 0 aliphatic carbocycles. The van der Waals surface area contributed by atoms with Crippen LogP contribution in [-0.2, 0) is 16.4 Å². The number of halogens is 3. The van der Waals surface area contributed by atoms with Crippen LogP contribution in [0.1, 0.15) is 5.56 Å². The molecule has 2 aromatic carbocycles. The van der Waals surface area contributed by atoms with Crippen LogP contribution in [0.25, 0.3) is 0 Å². The Morgan fingerprint density at radius 3 is 2.29 bits per heavy atom. The van der Waals surface area contributed by atoms with Gasteiger partial charge in [-0.15, -0.1) is 0 Å². The molecule has 2 aromatic rings. The smallest absolute Gasteiger partial charge is 0.341 e. The largest absolute Gasteiger partial charge is 0.380 e. The van der Waals surface area contributed by atoms with Crippen LogP contribution in [0.2, 0.25) is 5.02 Å². The fourth-order valence-corrected chi connectivity index (χ4v) is 2.79. The van der Waals surface area contributed by atoms with Crippen LogP contribution in [0.4, 0.5) is 14.5 Å². The first-order valence-electron chi connectivity index (χ1n) is 6.00. The first-order chi connectivity index (χ1) is 9.91. The quantitative estimate of drug-likeness (QED) is 0.902. The molecule has 0 fully saturated rings. The van der Waals surface area contributed by atoms with E-state index in [-0.39, 0.29) is 5.69 Å². The van der Waals surface area contributed by atoms with E-state index in [4.69, 9.17) is 11.6 Å². The minimum Gasteiger partial charge on any atom is -0.380 e. The van der Waals surface area contributed by atoms with Crippen molar-refractivity contribution in [2.75, 3.05) is 5.32 Å². The van der Waals surface area contributed by atoms with E-state index in [0.29, 0.717) is 11.6 Å². The van der Waals surface area contributed by atoms with Crippen LogP contribution in [0.5, 0.6) is 0 Å². The molecule has 0 radical (unpaired) electrons. The van der Waals surface area contributed by atoms with E-state index in [1.54, 1.807) is 30.3 Å². The number of rotatable bonds is 5. The third-order valence-electron chi connectivity index (χ3n) is 2.82. The van der Waals surface area contributed by atoms with Crippen LogP contribution in [0.15, 0.2) is 53.4 Å². The average molecular weight is 332 g/mol. The molecule has 0 atom stereocenters. The van der Waals surface area contributed by atoms with Gasteiger partial charge in [-0.3, -0.25) is 0 Å². The molecule has 0 amide bonds. The molecule has 7 heteroatoms. The minimum absolute atomic E-state index is 0.146. The van der Waals surface area contributed by atoms with Gasteiger partial charge in [0, 0.05) is 11.6 Å². The van der Waals surface area contributed by atoms with Gasteiger partial charge in [-0.05, 0) is 29.8 Å². The van der Waals surface area contributed by atoms with Crippen LogP contribution in [-0.4, -0.2) is 14.2 Å². The van der Waals surface area contributed by atoms with Gasteiger partial charge in [0.25, 0.3) is 0 Å². The summed E-state index contributed by atoms with van der Waals surface area (Å²) < 4.78 is 48.5. The lowest BCUT2D eigenvalue weighted by Crippen LogP contribution is -2.14. The number of hydrogen-bond acceptors (Lipinski definition) is 3. The second-order valence-corrected chi connectivity index (χ2v) is 6.60. The van der Waals surface area contributed by atoms with Gasteiger partial charge < -0.3 is 5.32 Å². The minimum atomic E-state index is -4.64. The highest BCUT2D eigenvalue weighted by atomic mass is 35.5. The maximum absolute atomic E-state index is 12.7. The number of nitrogens with one attached hydrogen (secondary N) is 1. The van der Waals surface area contributed by atoms with Crippen molar-refractivity contribution in [2.24, 2.45) is 0 Å². The van der Waals surface area contributed by atoms with E-state index in [1.807, 2.05) is 0 Å². The highest BCUT2D eigenvalue weighted by Gasteiger charge is 2.28. The predicted octanol–water partition coefficient (Wildman–Crippen LogP) is 3.95. The zero-order valence-corrected chi connectivity index (χ0v) is 12.3. The fourth-order valence-electron chi connectivity index (χ4n) is 1.76. The third kappa shape index (κ3) is 3.71. The Bertz CT molecular complexity index is 718. The zero-order chi connectivity index (χ0) is 15.5. The number of benzene rings is 2. The molecule has 0 heterocycles. The number of hydrogen-bond donors (Lipinski definition) is 1. The summed E-state index contributed by atoms with van der Waals surface area (Å²) in [4.78, 5) is -0.408. The predicted molar refractivity (Wildman–Crippen MR) is 78.4 cm³/mol. The van der Waals surface area contributed by atoms with E-state index in [2.05, 4.69) is 5.32 Å². The Hall–Kier alpha value is -1.66. The Balaban J connectivity index is 2.23. The maximum Gasteiger partial charge on any atom is 0.341 e. The second-order valence-electron chi connectivity index (χ2n) is 4.28. The van der Waals surface area contributed by atoms with Gasteiger partial charge in [-0.2, -0.15) is 8.78 Å². The standard InChI is InChI=1S/C14H12ClF2NO2S/c15-11-7-5-10(6-8-11)9-18-12-3-1-2-4-13(12)21(19,20)14(16)17/h1-8,14,18H,9H2. The second kappa shape index (κ2) is 6.41. The van der Waals surface area contributed by atoms with Crippen molar-refractivity contribution in [3.63, 3.8) is 0 Å². The molecular formula is C14H12ClF2NO2S. The highest BCUT2D eigenvalue weighted by molar-refractivity contribution is 7.91. The summed E-state index contributed by atoms with van der Waals surface area (Å²) in [5.41, 5.74) is 0.997. The van der Waals surface area contributed by atoms with Crippen LogP contribution in [0.3, 0.4) is 0 Å². The van der Waals surface area contributed by atoms with E-state index >= 15 is 0 Å². The monoisotopic (exact) mass is 331 g/mol. The summed E-state index contributed by atoms with van der Waals surface area (Å²) in [5, 5.41) is 3.44. The molecule has 3 nitrogen and oxygen atoms in total. The fraction of sp³-hybridized carbons (Fsp3) is 0.143. The number of alkyl halides is 2. The molecule has 0 saturated heterocycles. The van der Waals surface area contributed by atoms with Crippen LogP contribution < -0.4 is 5.32 Å². The molecule has 0 saturated carbocycles. The molecule has 0 unspecified atom stereocenters. The highest BCUT2D eigenvalue weighted by Crippen LogP contribution is 2.26. The molecule has 0 aliphatic rings. The summed E-state index contributed by atoms with van der Waals surface area (Å²) >= 11 is 5.77. The maximum atomic E-state index is 12.7. The summed E-state index contributed by atoms with van der Waals surface area (Å²) in [6.07, 6.45) is 0. The van der Waals surface area contributed by atoms with Gasteiger partial charge in [0.15, 0.2) is 0 Å². The van der Waals surface area contributed by atoms with Gasteiger partial charge in [0.1, 0.15) is 0 Å². The Morgan fingerprint density at radius 1 is 1.05 bits per heavy atom. The molecule has 1 N–H and O–H groups in total. The van der Waals surface area contributed by atoms with Gasteiger partial charge >= 0.3 is 5.76 Å². The van der Waals surface area contributed by atoms with Crippen molar-refractivity contribution < 1.29 is 17.2 Å². The van der Waals surface area contributed by atoms with Gasteiger partial charge in [0.05, 0.1) is 10.6 Å². The normalized spacial score (nSPS) is 11.6. The lowest BCUT2D eigenvalue weighted by molar-refractivity contribution is 0.235. The first-order valence-corrected chi connectivity index (χ1v) is 7.93. The Kier molecular flexibility index (Phi) is 4.80. The number of sulfone groups is 1. The van der Waals surface area contributed by atoms with Gasteiger partial charge in [0.2, 0.25) is 9.84 Å². The molecule has 0 aliphatic heterocycles. The van der Waals surface area contributed by atoms with Gasteiger partial charge in [-0.1, -0.05) is 35.9 Å². The SMILES string of the molecule is O=S(=O)(c1ccccc1NCc1ccc(Cl)cc1)C(F)F. The first kappa shape index (κ1) is 15.7. The summed E-state index contributed by atoms with van der Waals surface area (Å²) in [6, 6.07) is 12.5. The Morgan fingerprint density at radius 2 is 1.67 bits per heavy atom. The molecule has 0 aromatic heterocycles. The number of anilines is 1. The van der Waals surface area contributed by atoms with Crippen molar-refractivity contribution in [3.8, 4) is 0 Å². The van der Waals surface area contributed by atoms with E-state index in [9.17, 15) is 17.2 Å². The molecule has 2 rings (SSSR count). The van der Waals surface area contributed by atoms with E-state index < -0.39 is 20.5 Å². The third-order valence-corrected chi connectivity index (χ3v) is 4.51. The molecule has 21 heavy (non-hydrogen) atoms. The molecule has 0 spiro atoms. The molecule has 0 bridgehead atoms. The van der Waals surface area contributed by atoms with Crippen molar-refractivity contribution in [3.05, 3.63) is 59.1 Å². The summed E-state index contributed by atoms with van der Waals surface area (Å²) in [6.45, 7) is 0.299. The lowest BCUT2D eigenvalue weighted by Gasteiger charge is -2.12.